The molecular formula is C16H22O8. The van der Waals surface area contributed by atoms with E-state index < -0.39 is 36.5 Å². The summed E-state index contributed by atoms with van der Waals surface area (Å²) < 4.78 is 19.1. The van der Waals surface area contributed by atoms with Crippen molar-refractivity contribution >= 4 is 23.9 Å². The first-order chi connectivity index (χ1) is 11.1. The highest BCUT2D eigenvalue weighted by atomic mass is 16.7. The predicted molar refractivity (Wildman–Crippen MR) is 82.2 cm³/mol. The molecule has 0 saturated heterocycles. The predicted octanol–water partition coefficient (Wildman–Crippen LogP) is 1.78. The molecule has 0 radical (unpaired) electrons. The highest BCUT2D eigenvalue weighted by Gasteiger charge is 2.27. The minimum Gasteiger partial charge on any atom is -0.422 e. The highest BCUT2D eigenvalue weighted by molar-refractivity contribution is 6.29. The van der Waals surface area contributed by atoms with Crippen molar-refractivity contribution in [2.24, 2.45) is 0 Å². The maximum atomic E-state index is 11.7. The van der Waals surface area contributed by atoms with E-state index in [4.69, 9.17) is 18.9 Å². The van der Waals surface area contributed by atoms with Gasteiger partial charge in [0.1, 0.15) is 0 Å². The monoisotopic (exact) mass is 342 g/mol. The molecule has 8 nitrogen and oxygen atoms in total. The van der Waals surface area contributed by atoms with Gasteiger partial charge in [-0.25, -0.2) is 19.2 Å². The fourth-order valence-corrected chi connectivity index (χ4v) is 1.16. The van der Waals surface area contributed by atoms with E-state index >= 15 is 0 Å². The minimum absolute atomic E-state index is 0.116. The van der Waals surface area contributed by atoms with Crippen LogP contribution >= 0.6 is 0 Å². The summed E-state index contributed by atoms with van der Waals surface area (Å²) >= 11 is 0. The van der Waals surface area contributed by atoms with Crippen molar-refractivity contribution in [1.82, 2.24) is 0 Å². The zero-order valence-electron chi connectivity index (χ0n) is 14.2. The van der Waals surface area contributed by atoms with E-state index in [1.807, 2.05) is 0 Å². The Bertz CT molecular complexity index is 486. The Balaban J connectivity index is 4.65. The molecule has 0 aliphatic heterocycles. The van der Waals surface area contributed by atoms with Crippen molar-refractivity contribution in [3.63, 3.8) is 0 Å². The third kappa shape index (κ3) is 7.57. The van der Waals surface area contributed by atoms with Crippen LogP contribution in [0.1, 0.15) is 40.5 Å². The number of esters is 4. The van der Waals surface area contributed by atoms with Gasteiger partial charge in [0, 0.05) is 24.0 Å². The van der Waals surface area contributed by atoms with E-state index in [2.05, 4.69) is 13.2 Å². The second-order valence-electron chi connectivity index (χ2n) is 4.86. The first-order valence-electron chi connectivity index (χ1n) is 7.26. The van der Waals surface area contributed by atoms with Gasteiger partial charge in [-0.3, -0.25) is 0 Å². The molecule has 0 rings (SSSR count). The molecule has 0 aliphatic carbocycles. The molecular weight excluding hydrogens is 320 g/mol. The molecule has 0 aromatic rings. The first-order valence-corrected chi connectivity index (χ1v) is 7.26. The van der Waals surface area contributed by atoms with Gasteiger partial charge in [-0.1, -0.05) is 27.0 Å². The Labute approximate surface area is 140 Å². The Morgan fingerprint density at radius 1 is 0.667 bits per heavy atom. The lowest BCUT2D eigenvalue weighted by Gasteiger charge is -2.18. The molecule has 0 amide bonds. The summed E-state index contributed by atoms with van der Waals surface area (Å²) in [4.78, 5) is 46.1. The zero-order chi connectivity index (χ0) is 18.9. The smallest absolute Gasteiger partial charge is 0.420 e. The molecule has 2 atom stereocenters. The standard InChI is InChI=1S/C16H22O8/c1-7-11(21-13(17)9(3)4)23-15(19)16(20)24-12(8-2)22-14(18)10(5)6/h11-12H,3,5,7-8H2,1-2,4,6H3. The summed E-state index contributed by atoms with van der Waals surface area (Å²) in [5.41, 5.74) is 0.231. The van der Waals surface area contributed by atoms with Gasteiger partial charge in [-0.15, -0.1) is 0 Å². The Kier molecular flexibility index (Phi) is 9.07. The van der Waals surface area contributed by atoms with Gasteiger partial charge in [-0.2, -0.15) is 0 Å². The van der Waals surface area contributed by atoms with Gasteiger partial charge in [0.2, 0.25) is 12.6 Å². The number of carbonyl (C=O) groups is 4. The van der Waals surface area contributed by atoms with Crippen LogP contribution in [0.2, 0.25) is 0 Å². The van der Waals surface area contributed by atoms with Gasteiger partial charge < -0.3 is 18.9 Å². The summed E-state index contributed by atoms with van der Waals surface area (Å²) in [7, 11) is 0. The molecule has 0 spiro atoms. The van der Waals surface area contributed by atoms with Crippen LogP contribution in [0, 0.1) is 0 Å². The molecule has 0 aliphatic rings. The van der Waals surface area contributed by atoms with Gasteiger partial charge in [0.05, 0.1) is 0 Å². The quantitative estimate of drug-likeness (QED) is 0.284. The summed E-state index contributed by atoms with van der Waals surface area (Å²) in [5.74, 6) is -4.27. The average molecular weight is 342 g/mol. The molecule has 0 bridgehead atoms. The van der Waals surface area contributed by atoms with Crippen molar-refractivity contribution in [2.75, 3.05) is 0 Å². The van der Waals surface area contributed by atoms with Gasteiger partial charge in [0.25, 0.3) is 0 Å². The molecule has 8 heteroatoms. The SMILES string of the molecule is C=C(C)C(=O)OC(CC)OC(=O)C(=O)OC(CC)OC(=O)C(=C)C. The van der Waals surface area contributed by atoms with Crippen molar-refractivity contribution < 1.29 is 38.1 Å². The van der Waals surface area contributed by atoms with Crippen LogP contribution in [0.15, 0.2) is 24.3 Å². The molecule has 0 aromatic heterocycles. The number of ether oxygens (including phenoxy) is 4. The molecule has 0 heterocycles. The maximum absolute atomic E-state index is 11.7. The number of hydrogen-bond acceptors (Lipinski definition) is 8. The number of hydrogen-bond donors (Lipinski definition) is 0. The van der Waals surface area contributed by atoms with E-state index in [0.717, 1.165) is 0 Å². The third-order valence-electron chi connectivity index (χ3n) is 2.48. The largest absolute Gasteiger partial charge is 0.422 e. The summed E-state index contributed by atoms with van der Waals surface area (Å²) in [6.07, 6.45) is -2.26. The topological polar surface area (TPSA) is 105 Å². The maximum Gasteiger partial charge on any atom is 0.420 e. The fraction of sp³-hybridized carbons (Fsp3) is 0.500. The van der Waals surface area contributed by atoms with Crippen LogP contribution in [0.4, 0.5) is 0 Å². The van der Waals surface area contributed by atoms with E-state index in [1.54, 1.807) is 13.8 Å². The van der Waals surface area contributed by atoms with Crippen molar-refractivity contribution in [2.45, 2.75) is 53.1 Å². The van der Waals surface area contributed by atoms with Crippen LogP contribution in [-0.2, 0) is 38.1 Å². The van der Waals surface area contributed by atoms with Gasteiger partial charge in [-0.05, 0) is 13.8 Å². The molecule has 0 N–H and O–H groups in total. The van der Waals surface area contributed by atoms with E-state index in [1.165, 1.54) is 13.8 Å². The molecule has 0 aromatic carbocycles. The fourth-order valence-electron chi connectivity index (χ4n) is 1.16. The van der Waals surface area contributed by atoms with E-state index in [-0.39, 0.29) is 24.0 Å². The van der Waals surface area contributed by atoms with Crippen LogP contribution in [0.25, 0.3) is 0 Å². The van der Waals surface area contributed by atoms with E-state index in [0.29, 0.717) is 0 Å². The van der Waals surface area contributed by atoms with E-state index in [9.17, 15) is 19.2 Å². The lowest BCUT2D eigenvalue weighted by molar-refractivity contribution is -0.205. The van der Waals surface area contributed by atoms with Crippen LogP contribution in [-0.4, -0.2) is 36.5 Å². The molecule has 0 fully saturated rings. The average Bonchev–Trinajstić information content (AvgIpc) is 2.52. The zero-order valence-corrected chi connectivity index (χ0v) is 14.2. The van der Waals surface area contributed by atoms with Crippen LogP contribution in [0.3, 0.4) is 0 Å². The number of rotatable bonds is 8. The lowest BCUT2D eigenvalue weighted by Crippen LogP contribution is -2.33. The third-order valence-corrected chi connectivity index (χ3v) is 2.48. The second-order valence-corrected chi connectivity index (χ2v) is 4.86. The summed E-state index contributed by atoms with van der Waals surface area (Å²) in [6, 6.07) is 0. The Morgan fingerprint density at radius 3 is 1.12 bits per heavy atom. The molecule has 0 saturated carbocycles. The van der Waals surface area contributed by atoms with Gasteiger partial charge >= 0.3 is 23.9 Å². The molecule has 24 heavy (non-hydrogen) atoms. The first kappa shape index (κ1) is 21.4. The van der Waals surface area contributed by atoms with Crippen molar-refractivity contribution in [3.8, 4) is 0 Å². The minimum atomic E-state index is -1.37. The normalized spacial score (nSPS) is 12.3. The van der Waals surface area contributed by atoms with Crippen LogP contribution < -0.4 is 0 Å². The van der Waals surface area contributed by atoms with Crippen molar-refractivity contribution in [1.29, 1.82) is 0 Å². The summed E-state index contributed by atoms with van der Waals surface area (Å²) in [5, 5.41) is 0. The Hall–Kier alpha value is -2.64. The van der Waals surface area contributed by atoms with Crippen LogP contribution in [0.5, 0.6) is 0 Å². The van der Waals surface area contributed by atoms with Gasteiger partial charge in [0.15, 0.2) is 0 Å². The molecule has 2 unspecified atom stereocenters. The Morgan fingerprint density at radius 2 is 0.917 bits per heavy atom. The summed E-state index contributed by atoms with van der Waals surface area (Å²) in [6.45, 7) is 12.8. The van der Waals surface area contributed by atoms with Crippen molar-refractivity contribution in [3.05, 3.63) is 24.3 Å². The highest BCUT2D eigenvalue weighted by Crippen LogP contribution is 2.08. The number of carbonyl (C=O) groups excluding carboxylic acids is 4. The second kappa shape index (κ2) is 10.2. The molecule has 134 valence electrons. The lowest BCUT2D eigenvalue weighted by atomic mass is 10.3.